The third kappa shape index (κ3) is 3.37. The van der Waals surface area contributed by atoms with Crippen LogP contribution in [0.5, 0.6) is 11.5 Å². The fourth-order valence-electron chi connectivity index (χ4n) is 4.12. The Balaban J connectivity index is 1.30. The molecule has 4 heterocycles. The van der Waals surface area contributed by atoms with Gasteiger partial charge in [0.25, 0.3) is 0 Å². The Morgan fingerprint density at radius 3 is 2.90 bits per heavy atom. The van der Waals surface area contributed by atoms with Crippen LogP contribution < -0.4 is 19.7 Å². The van der Waals surface area contributed by atoms with Crippen molar-refractivity contribution in [2.45, 2.75) is 12.8 Å². The lowest BCUT2D eigenvalue weighted by molar-refractivity contribution is 0.212. The minimum absolute atomic E-state index is 0.266. The molecule has 3 aromatic rings. The first-order chi connectivity index (χ1) is 14.2. The van der Waals surface area contributed by atoms with Gasteiger partial charge in [-0.15, -0.1) is 0 Å². The number of benzene rings is 1. The molecule has 0 spiro atoms. The number of halogens is 1. The zero-order chi connectivity index (χ0) is 19.8. The minimum Gasteiger partial charge on any atom is -0.497 e. The Kier molecular flexibility index (Phi) is 4.71. The fraction of sp³-hybridized carbons (Fsp3) is 0.429. The molecule has 0 atom stereocenters. The van der Waals surface area contributed by atoms with Gasteiger partial charge < -0.3 is 19.7 Å². The van der Waals surface area contributed by atoms with Gasteiger partial charge in [0.05, 0.1) is 25.6 Å². The third-order valence-corrected chi connectivity index (χ3v) is 5.65. The van der Waals surface area contributed by atoms with Gasteiger partial charge in [0.15, 0.2) is 17.2 Å². The summed E-state index contributed by atoms with van der Waals surface area (Å²) in [4.78, 5) is 7.15. The van der Waals surface area contributed by atoms with Crippen LogP contribution in [-0.4, -0.2) is 54.5 Å². The molecule has 1 saturated heterocycles. The minimum atomic E-state index is -0.397. The predicted octanol–water partition coefficient (Wildman–Crippen LogP) is 2.08. The van der Waals surface area contributed by atoms with Crippen LogP contribution in [0.25, 0.3) is 5.65 Å². The largest absolute Gasteiger partial charge is 0.497 e. The summed E-state index contributed by atoms with van der Waals surface area (Å²) in [6, 6.07) is 6.62. The van der Waals surface area contributed by atoms with Gasteiger partial charge in [0, 0.05) is 49.7 Å². The molecule has 0 aliphatic carbocycles. The molecule has 0 saturated carbocycles. The fourth-order valence-corrected chi connectivity index (χ4v) is 4.12. The average Bonchev–Trinajstić information content (AvgIpc) is 3.03. The van der Waals surface area contributed by atoms with E-state index in [1.807, 2.05) is 10.6 Å². The van der Waals surface area contributed by atoms with Crippen LogP contribution in [0.3, 0.4) is 0 Å². The van der Waals surface area contributed by atoms with Crippen LogP contribution >= 0.6 is 0 Å². The molecule has 1 fully saturated rings. The Bertz CT molecular complexity index is 1030. The Hall–Kier alpha value is -2.87. The first-order valence-corrected chi connectivity index (χ1v) is 10.0. The first kappa shape index (κ1) is 18.2. The Morgan fingerprint density at radius 2 is 2.07 bits per heavy atom. The van der Waals surface area contributed by atoms with Crippen LogP contribution in [0.1, 0.15) is 11.3 Å². The second-order valence-corrected chi connectivity index (χ2v) is 7.59. The average molecular weight is 397 g/mol. The standard InChI is InChI=1S/C21H24FN5O2/c1-28-15-2-3-19(17(22)10-15)29-13-14-11-26(12-14)21-16-4-7-23-8-5-18(16)25-20-6-9-24-27(20)21/h2-3,6,9-10,14,23H,4-5,7-8,11-13H2,1H3. The maximum atomic E-state index is 14.1. The first-order valence-electron chi connectivity index (χ1n) is 10.0. The maximum Gasteiger partial charge on any atom is 0.168 e. The molecule has 7 nitrogen and oxygen atoms in total. The molecule has 5 rings (SSSR count). The zero-order valence-corrected chi connectivity index (χ0v) is 16.4. The molecule has 0 unspecified atom stereocenters. The zero-order valence-electron chi connectivity index (χ0n) is 16.4. The summed E-state index contributed by atoms with van der Waals surface area (Å²) in [7, 11) is 1.52. The van der Waals surface area contributed by atoms with Crippen LogP contribution in [0.15, 0.2) is 30.5 Å². The van der Waals surface area contributed by atoms with E-state index in [1.54, 1.807) is 18.3 Å². The number of nitrogens with zero attached hydrogens (tertiary/aromatic N) is 4. The van der Waals surface area contributed by atoms with Crippen molar-refractivity contribution in [2.75, 3.05) is 44.8 Å². The van der Waals surface area contributed by atoms with Gasteiger partial charge in [-0.05, 0) is 25.1 Å². The van der Waals surface area contributed by atoms with Crippen molar-refractivity contribution in [3.8, 4) is 11.5 Å². The van der Waals surface area contributed by atoms with E-state index in [1.165, 1.54) is 18.7 Å². The van der Waals surface area contributed by atoms with E-state index in [-0.39, 0.29) is 5.75 Å². The van der Waals surface area contributed by atoms with Gasteiger partial charge in [0.2, 0.25) is 0 Å². The Labute approximate surface area is 168 Å². The summed E-state index contributed by atoms with van der Waals surface area (Å²) in [5.74, 6) is 1.84. The van der Waals surface area contributed by atoms with E-state index >= 15 is 0 Å². The molecule has 0 amide bonds. The molecule has 0 radical (unpaired) electrons. The van der Waals surface area contributed by atoms with Crippen molar-refractivity contribution in [2.24, 2.45) is 5.92 Å². The van der Waals surface area contributed by atoms with Crippen molar-refractivity contribution in [3.63, 3.8) is 0 Å². The molecule has 2 aliphatic rings. The monoisotopic (exact) mass is 397 g/mol. The van der Waals surface area contributed by atoms with Gasteiger partial charge in [-0.2, -0.15) is 9.61 Å². The number of ether oxygens (including phenoxy) is 2. The van der Waals surface area contributed by atoms with E-state index < -0.39 is 5.82 Å². The molecule has 8 heteroatoms. The second-order valence-electron chi connectivity index (χ2n) is 7.59. The molecular formula is C21H24FN5O2. The molecule has 1 aromatic carbocycles. The van der Waals surface area contributed by atoms with Gasteiger partial charge in [-0.1, -0.05) is 0 Å². The number of methoxy groups -OCH3 is 1. The van der Waals surface area contributed by atoms with Crippen LogP contribution in [-0.2, 0) is 12.8 Å². The summed E-state index contributed by atoms with van der Waals surface area (Å²) in [6.45, 7) is 4.10. The van der Waals surface area contributed by atoms with Gasteiger partial charge in [-0.25, -0.2) is 9.37 Å². The highest BCUT2D eigenvalue weighted by molar-refractivity contribution is 5.59. The topological polar surface area (TPSA) is 63.9 Å². The van der Waals surface area contributed by atoms with E-state index in [4.69, 9.17) is 14.5 Å². The number of hydrogen-bond acceptors (Lipinski definition) is 6. The van der Waals surface area contributed by atoms with Crippen molar-refractivity contribution in [3.05, 3.63) is 47.5 Å². The molecule has 29 heavy (non-hydrogen) atoms. The third-order valence-electron chi connectivity index (χ3n) is 5.65. The lowest BCUT2D eigenvalue weighted by Gasteiger charge is -2.41. The Morgan fingerprint density at radius 1 is 1.21 bits per heavy atom. The molecule has 2 aromatic heterocycles. The van der Waals surface area contributed by atoms with Gasteiger partial charge in [0.1, 0.15) is 11.6 Å². The van der Waals surface area contributed by atoms with Gasteiger partial charge >= 0.3 is 0 Å². The highest BCUT2D eigenvalue weighted by atomic mass is 19.1. The summed E-state index contributed by atoms with van der Waals surface area (Å²) in [5.41, 5.74) is 3.34. The van der Waals surface area contributed by atoms with E-state index in [9.17, 15) is 4.39 Å². The second kappa shape index (κ2) is 7.51. The smallest absolute Gasteiger partial charge is 0.168 e. The van der Waals surface area contributed by atoms with E-state index in [0.29, 0.717) is 18.3 Å². The number of nitrogens with one attached hydrogen (secondary N) is 1. The summed E-state index contributed by atoms with van der Waals surface area (Å²) in [6.07, 6.45) is 3.68. The van der Waals surface area contributed by atoms with E-state index in [0.717, 1.165) is 56.2 Å². The lowest BCUT2D eigenvalue weighted by Crippen LogP contribution is -2.50. The summed E-state index contributed by atoms with van der Waals surface area (Å²) >= 11 is 0. The number of hydrogen-bond donors (Lipinski definition) is 1. The maximum absolute atomic E-state index is 14.1. The van der Waals surface area contributed by atoms with Crippen LogP contribution in [0.2, 0.25) is 0 Å². The normalized spacial score (nSPS) is 17.0. The molecule has 1 N–H and O–H groups in total. The molecule has 0 bridgehead atoms. The number of aromatic nitrogens is 3. The number of fused-ring (bicyclic) bond motifs is 2. The lowest BCUT2D eigenvalue weighted by atomic mass is 9.99. The summed E-state index contributed by atoms with van der Waals surface area (Å²) in [5, 5.41) is 7.96. The van der Waals surface area contributed by atoms with Crippen LogP contribution in [0.4, 0.5) is 10.2 Å². The highest BCUT2D eigenvalue weighted by Gasteiger charge is 2.32. The summed E-state index contributed by atoms with van der Waals surface area (Å²) < 4.78 is 26.8. The van der Waals surface area contributed by atoms with Gasteiger partial charge in [-0.3, -0.25) is 0 Å². The number of rotatable bonds is 5. The van der Waals surface area contributed by atoms with Crippen molar-refractivity contribution >= 4 is 11.5 Å². The van der Waals surface area contributed by atoms with Crippen molar-refractivity contribution in [1.82, 2.24) is 19.9 Å². The van der Waals surface area contributed by atoms with E-state index in [2.05, 4.69) is 15.3 Å². The predicted molar refractivity (Wildman–Crippen MR) is 107 cm³/mol. The van der Waals surface area contributed by atoms with Crippen molar-refractivity contribution in [1.29, 1.82) is 0 Å². The van der Waals surface area contributed by atoms with Crippen molar-refractivity contribution < 1.29 is 13.9 Å². The molecule has 2 aliphatic heterocycles. The number of anilines is 1. The SMILES string of the molecule is COc1ccc(OCC2CN(c3c4c(nc5ccnn35)CCNCC4)C2)c(F)c1. The quantitative estimate of drug-likeness (QED) is 0.711. The molecule has 152 valence electrons. The van der Waals surface area contributed by atoms with Crippen LogP contribution in [0, 0.1) is 11.7 Å². The highest BCUT2D eigenvalue weighted by Crippen LogP contribution is 2.32. The molecular weight excluding hydrogens is 373 g/mol.